The summed E-state index contributed by atoms with van der Waals surface area (Å²) < 4.78 is 13.5. The van der Waals surface area contributed by atoms with Crippen LogP contribution < -0.4 is 11.1 Å². The Hall–Kier alpha value is -2.49. The summed E-state index contributed by atoms with van der Waals surface area (Å²) in [6.07, 6.45) is 3.78. The lowest BCUT2D eigenvalue weighted by atomic mass is 9.68. The summed E-state index contributed by atoms with van der Waals surface area (Å²) in [5.74, 6) is 0.459. The van der Waals surface area contributed by atoms with Gasteiger partial charge in [-0.2, -0.15) is 0 Å². The fourth-order valence-corrected chi connectivity index (χ4v) is 4.94. The van der Waals surface area contributed by atoms with Crippen LogP contribution in [0.25, 0.3) is 0 Å². The topological polar surface area (TPSA) is 38.0 Å². The van der Waals surface area contributed by atoms with Gasteiger partial charge in [-0.25, -0.2) is 4.39 Å². The molecule has 1 fully saturated rings. The maximum atomic E-state index is 13.5. The Morgan fingerprint density at radius 3 is 1.90 bits per heavy atom. The average Bonchev–Trinajstić information content (AvgIpc) is 2.81. The average molecular weight is 403 g/mol. The molecule has 3 aromatic carbocycles. The molecule has 30 heavy (non-hydrogen) atoms. The Kier molecular flexibility index (Phi) is 6.61. The number of nitrogens with one attached hydrogen (secondary N) is 1. The smallest absolute Gasteiger partial charge is 0.123 e. The molecule has 0 spiro atoms. The van der Waals surface area contributed by atoms with E-state index in [1.165, 1.54) is 11.1 Å². The number of benzene rings is 3. The molecule has 1 aliphatic heterocycles. The molecule has 3 aromatic rings. The quantitative estimate of drug-likeness (QED) is 0.564. The highest BCUT2D eigenvalue weighted by Crippen LogP contribution is 2.39. The molecule has 4 rings (SSSR count). The summed E-state index contributed by atoms with van der Waals surface area (Å²) in [6.45, 7) is 2.02. The monoisotopic (exact) mass is 402 g/mol. The molecular weight excluding hydrogens is 371 g/mol. The Bertz CT molecular complexity index is 865. The van der Waals surface area contributed by atoms with E-state index in [0.717, 1.165) is 44.3 Å². The molecule has 0 saturated carbocycles. The van der Waals surface area contributed by atoms with Crippen LogP contribution in [-0.4, -0.2) is 18.6 Å². The lowest BCUT2D eigenvalue weighted by molar-refractivity contribution is 0.193. The molecule has 2 nitrogen and oxygen atoms in total. The highest BCUT2D eigenvalue weighted by atomic mass is 19.1. The number of rotatable bonds is 7. The van der Waals surface area contributed by atoms with Gasteiger partial charge < -0.3 is 11.1 Å². The molecule has 0 amide bonds. The largest absolute Gasteiger partial charge is 0.325 e. The van der Waals surface area contributed by atoms with Crippen molar-refractivity contribution in [3.63, 3.8) is 0 Å². The molecule has 0 aromatic heterocycles. The minimum atomic E-state index is -0.365. The van der Waals surface area contributed by atoms with Crippen LogP contribution in [0, 0.1) is 11.7 Å². The predicted octanol–water partition coefficient (Wildman–Crippen LogP) is 5.29. The zero-order chi connectivity index (χ0) is 20.8. The van der Waals surface area contributed by atoms with E-state index in [0.29, 0.717) is 5.92 Å². The first-order valence-corrected chi connectivity index (χ1v) is 11.0. The zero-order valence-corrected chi connectivity index (χ0v) is 17.4. The molecule has 0 bridgehead atoms. The second-order valence-corrected chi connectivity index (χ2v) is 8.64. The minimum Gasteiger partial charge on any atom is -0.325 e. The van der Waals surface area contributed by atoms with Crippen LogP contribution in [0.3, 0.4) is 0 Å². The Morgan fingerprint density at radius 2 is 1.37 bits per heavy atom. The lowest BCUT2D eigenvalue weighted by Gasteiger charge is -2.42. The number of nitrogens with two attached hydrogens (primary N) is 1. The maximum absolute atomic E-state index is 13.5. The minimum absolute atomic E-state index is 0.199. The van der Waals surface area contributed by atoms with Crippen LogP contribution in [0.2, 0.25) is 0 Å². The van der Waals surface area contributed by atoms with Gasteiger partial charge in [-0.05, 0) is 73.5 Å². The zero-order valence-electron chi connectivity index (χ0n) is 17.4. The van der Waals surface area contributed by atoms with E-state index in [1.54, 1.807) is 12.1 Å². The Labute approximate surface area is 179 Å². The van der Waals surface area contributed by atoms with Crippen molar-refractivity contribution in [3.05, 3.63) is 107 Å². The highest BCUT2D eigenvalue weighted by Gasteiger charge is 2.38. The van der Waals surface area contributed by atoms with Crippen molar-refractivity contribution in [3.8, 4) is 0 Å². The van der Waals surface area contributed by atoms with Gasteiger partial charge >= 0.3 is 0 Å². The van der Waals surface area contributed by atoms with Gasteiger partial charge in [-0.3, -0.25) is 0 Å². The number of hydrogen-bond donors (Lipinski definition) is 2. The fourth-order valence-electron chi connectivity index (χ4n) is 4.94. The summed E-state index contributed by atoms with van der Waals surface area (Å²) >= 11 is 0. The van der Waals surface area contributed by atoms with E-state index < -0.39 is 0 Å². The van der Waals surface area contributed by atoms with Crippen molar-refractivity contribution < 1.29 is 4.39 Å². The van der Waals surface area contributed by atoms with Gasteiger partial charge in [0.15, 0.2) is 0 Å². The van der Waals surface area contributed by atoms with Gasteiger partial charge in [0.1, 0.15) is 5.82 Å². The predicted molar refractivity (Wildman–Crippen MR) is 122 cm³/mol. The Balaban J connectivity index is 1.69. The van der Waals surface area contributed by atoms with E-state index >= 15 is 0 Å². The molecule has 1 unspecified atom stereocenters. The number of piperidine rings is 1. The Morgan fingerprint density at radius 1 is 0.833 bits per heavy atom. The first-order valence-electron chi connectivity index (χ1n) is 11.0. The van der Waals surface area contributed by atoms with Crippen molar-refractivity contribution in [2.75, 3.05) is 13.1 Å². The van der Waals surface area contributed by atoms with E-state index in [2.05, 4.69) is 66.0 Å². The van der Waals surface area contributed by atoms with Gasteiger partial charge in [-0.1, -0.05) is 72.8 Å². The van der Waals surface area contributed by atoms with E-state index in [4.69, 9.17) is 5.73 Å². The molecule has 0 radical (unpaired) electrons. The maximum Gasteiger partial charge on any atom is 0.123 e. The fraction of sp³-hybridized carbons (Fsp3) is 0.333. The molecule has 1 heterocycles. The molecule has 0 aliphatic carbocycles. The normalized spacial score (nSPS) is 17.0. The van der Waals surface area contributed by atoms with Crippen LogP contribution in [0.5, 0.6) is 0 Å². The number of hydrogen-bond acceptors (Lipinski definition) is 2. The molecular formula is C27H31FN2. The molecule has 156 valence electrons. The third-order valence-corrected chi connectivity index (χ3v) is 6.59. The van der Waals surface area contributed by atoms with Crippen LogP contribution in [0.4, 0.5) is 4.39 Å². The molecule has 1 saturated heterocycles. The van der Waals surface area contributed by atoms with E-state index in [1.807, 2.05) is 12.1 Å². The van der Waals surface area contributed by atoms with Gasteiger partial charge in [0.05, 0.1) is 0 Å². The third kappa shape index (κ3) is 4.97. The van der Waals surface area contributed by atoms with Crippen molar-refractivity contribution in [1.82, 2.24) is 5.32 Å². The van der Waals surface area contributed by atoms with Crippen LogP contribution >= 0.6 is 0 Å². The molecule has 1 atom stereocenters. The van der Waals surface area contributed by atoms with E-state index in [-0.39, 0.29) is 17.3 Å². The first-order chi connectivity index (χ1) is 14.6. The van der Waals surface area contributed by atoms with Crippen LogP contribution in [0.1, 0.15) is 41.9 Å². The number of halogens is 1. The van der Waals surface area contributed by atoms with Gasteiger partial charge in [-0.15, -0.1) is 0 Å². The molecule has 1 aliphatic rings. The lowest BCUT2D eigenvalue weighted by Crippen LogP contribution is -2.53. The van der Waals surface area contributed by atoms with Crippen molar-refractivity contribution in [1.29, 1.82) is 0 Å². The van der Waals surface area contributed by atoms with Gasteiger partial charge in [0, 0.05) is 11.5 Å². The summed E-state index contributed by atoms with van der Waals surface area (Å²) in [4.78, 5) is 0. The summed E-state index contributed by atoms with van der Waals surface area (Å²) in [5.41, 5.74) is 10.6. The van der Waals surface area contributed by atoms with Crippen molar-refractivity contribution in [2.24, 2.45) is 11.7 Å². The summed E-state index contributed by atoms with van der Waals surface area (Å²) in [6, 6.07) is 28.2. The standard InChI is InChI=1S/C27H31FN2/c28-25-13-11-21(12-14-25)19-27(29,24-15-17-30-18-16-24)20-26(22-7-3-1-4-8-22)23-9-5-2-6-10-23/h1-14,24,26,30H,15-20,29H2. The van der Waals surface area contributed by atoms with E-state index in [9.17, 15) is 4.39 Å². The SMILES string of the molecule is NC(Cc1ccc(F)cc1)(CC(c1ccccc1)c1ccccc1)C1CCNCC1. The summed E-state index contributed by atoms with van der Waals surface area (Å²) in [7, 11) is 0. The molecule has 3 heteroatoms. The summed E-state index contributed by atoms with van der Waals surface area (Å²) in [5, 5.41) is 3.47. The molecule has 3 N–H and O–H groups in total. The van der Waals surface area contributed by atoms with Crippen LogP contribution in [0.15, 0.2) is 84.9 Å². The van der Waals surface area contributed by atoms with Crippen molar-refractivity contribution in [2.45, 2.75) is 37.1 Å². The second kappa shape index (κ2) is 9.55. The third-order valence-electron chi connectivity index (χ3n) is 6.59. The van der Waals surface area contributed by atoms with Gasteiger partial charge in [0.2, 0.25) is 0 Å². The van der Waals surface area contributed by atoms with Crippen molar-refractivity contribution >= 4 is 0 Å². The second-order valence-electron chi connectivity index (χ2n) is 8.64. The first kappa shape index (κ1) is 20.8. The van der Waals surface area contributed by atoms with Gasteiger partial charge in [0.25, 0.3) is 0 Å². The highest BCUT2D eigenvalue weighted by molar-refractivity contribution is 5.34. The van der Waals surface area contributed by atoms with Crippen LogP contribution in [-0.2, 0) is 6.42 Å².